The Morgan fingerprint density at radius 3 is 2.50 bits per heavy atom. The highest BCUT2D eigenvalue weighted by molar-refractivity contribution is 6.30. The third-order valence-electron chi connectivity index (χ3n) is 4.56. The van der Waals surface area contributed by atoms with Crippen LogP contribution in [-0.4, -0.2) is 25.6 Å². The van der Waals surface area contributed by atoms with Crippen LogP contribution in [0.2, 0.25) is 5.02 Å². The maximum atomic E-state index is 5.97. The Morgan fingerprint density at radius 1 is 1.35 bits per heavy atom. The Balaban J connectivity index is 1.58. The number of hydrogen-bond acceptors (Lipinski definition) is 1. The summed E-state index contributed by atoms with van der Waals surface area (Å²) < 4.78 is 0. The van der Waals surface area contributed by atoms with E-state index in [1.807, 2.05) is 19.2 Å². The number of nitrogens with zero attached hydrogens (tertiary/aromatic N) is 1. The fourth-order valence-electron chi connectivity index (χ4n) is 2.67. The maximum absolute atomic E-state index is 5.97. The lowest BCUT2D eigenvalue weighted by molar-refractivity contribution is 0.642. The number of nitrogens with one attached hydrogen (secondary N) is 2. The van der Waals surface area contributed by atoms with Gasteiger partial charge >= 0.3 is 0 Å². The van der Waals surface area contributed by atoms with Crippen LogP contribution in [0.3, 0.4) is 0 Å². The second-order valence-corrected chi connectivity index (χ2v) is 6.61. The van der Waals surface area contributed by atoms with Gasteiger partial charge in [-0.1, -0.05) is 30.7 Å². The number of halogens is 1. The summed E-state index contributed by atoms with van der Waals surface area (Å²) in [6.07, 6.45) is 3.72. The summed E-state index contributed by atoms with van der Waals surface area (Å²) in [7, 11) is 1.84. The molecule has 0 amide bonds. The van der Waals surface area contributed by atoms with Gasteiger partial charge in [0.2, 0.25) is 0 Å². The standard InChI is InChI=1S/C16H22ClN3/c1-11-9-14(11)20-15(18-2)19-10-16(7-8-16)12-3-5-13(17)6-4-12/h3-6,11,14H,7-10H2,1-2H3,(H2,18,19,20). The highest BCUT2D eigenvalue weighted by Crippen LogP contribution is 2.47. The van der Waals surface area contributed by atoms with Crippen molar-refractivity contribution in [3.63, 3.8) is 0 Å². The van der Waals surface area contributed by atoms with Gasteiger partial charge in [0.15, 0.2) is 5.96 Å². The molecule has 0 aromatic heterocycles. The highest BCUT2D eigenvalue weighted by atomic mass is 35.5. The zero-order valence-electron chi connectivity index (χ0n) is 12.1. The molecule has 2 atom stereocenters. The van der Waals surface area contributed by atoms with Gasteiger partial charge in [0.1, 0.15) is 0 Å². The first kappa shape index (κ1) is 13.7. The van der Waals surface area contributed by atoms with Crippen molar-refractivity contribution >= 4 is 17.6 Å². The smallest absolute Gasteiger partial charge is 0.191 e. The van der Waals surface area contributed by atoms with Crippen molar-refractivity contribution < 1.29 is 0 Å². The van der Waals surface area contributed by atoms with Crippen molar-refractivity contribution in [2.24, 2.45) is 10.9 Å². The molecule has 0 heterocycles. The van der Waals surface area contributed by atoms with E-state index in [1.165, 1.54) is 24.8 Å². The van der Waals surface area contributed by atoms with E-state index in [0.29, 0.717) is 6.04 Å². The van der Waals surface area contributed by atoms with Gasteiger partial charge in [-0.3, -0.25) is 4.99 Å². The molecule has 2 saturated carbocycles. The summed E-state index contributed by atoms with van der Waals surface area (Å²) >= 11 is 5.97. The average Bonchev–Trinajstić information content (AvgIpc) is 3.35. The van der Waals surface area contributed by atoms with E-state index in [9.17, 15) is 0 Å². The van der Waals surface area contributed by atoms with Gasteiger partial charge in [-0.2, -0.15) is 0 Å². The second kappa shape index (κ2) is 5.28. The van der Waals surface area contributed by atoms with Crippen LogP contribution in [0.5, 0.6) is 0 Å². The number of rotatable bonds is 4. The summed E-state index contributed by atoms with van der Waals surface area (Å²) in [5, 5.41) is 7.76. The molecule has 20 heavy (non-hydrogen) atoms. The SMILES string of the molecule is CN=C(NCC1(c2ccc(Cl)cc2)CC1)NC1CC1C. The van der Waals surface area contributed by atoms with E-state index in [-0.39, 0.29) is 5.41 Å². The third kappa shape index (κ3) is 2.93. The molecule has 0 aliphatic heterocycles. The number of benzene rings is 1. The molecule has 1 aromatic rings. The molecule has 4 heteroatoms. The van der Waals surface area contributed by atoms with Crippen LogP contribution in [0.25, 0.3) is 0 Å². The van der Waals surface area contributed by atoms with Crippen molar-refractivity contribution in [3.8, 4) is 0 Å². The molecule has 108 valence electrons. The Kier molecular flexibility index (Phi) is 3.63. The van der Waals surface area contributed by atoms with Gasteiger partial charge in [-0.05, 0) is 42.9 Å². The fraction of sp³-hybridized carbons (Fsp3) is 0.562. The molecule has 2 aliphatic rings. The van der Waals surface area contributed by atoms with Gasteiger partial charge in [0, 0.05) is 30.1 Å². The molecule has 0 spiro atoms. The quantitative estimate of drug-likeness (QED) is 0.661. The van der Waals surface area contributed by atoms with E-state index in [0.717, 1.165) is 23.4 Å². The summed E-state index contributed by atoms with van der Waals surface area (Å²) in [5.74, 6) is 1.71. The average molecular weight is 292 g/mol. The zero-order valence-corrected chi connectivity index (χ0v) is 12.9. The van der Waals surface area contributed by atoms with E-state index >= 15 is 0 Å². The normalized spacial score (nSPS) is 27.1. The maximum Gasteiger partial charge on any atom is 0.191 e. The highest BCUT2D eigenvalue weighted by Gasteiger charge is 2.44. The lowest BCUT2D eigenvalue weighted by atomic mass is 9.96. The van der Waals surface area contributed by atoms with Gasteiger partial charge in [0.25, 0.3) is 0 Å². The fourth-order valence-corrected chi connectivity index (χ4v) is 2.79. The molecule has 0 radical (unpaired) electrons. The predicted molar refractivity (Wildman–Crippen MR) is 84.4 cm³/mol. The molecule has 3 nitrogen and oxygen atoms in total. The van der Waals surface area contributed by atoms with Crippen LogP contribution in [-0.2, 0) is 5.41 Å². The second-order valence-electron chi connectivity index (χ2n) is 6.18. The third-order valence-corrected chi connectivity index (χ3v) is 4.81. The van der Waals surface area contributed by atoms with Gasteiger partial charge in [-0.15, -0.1) is 0 Å². The largest absolute Gasteiger partial charge is 0.356 e. The van der Waals surface area contributed by atoms with Crippen LogP contribution in [0, 0.1) is 5.92 Å². The van der Waals surface area contributed by atoms with Crippen molar-refractivity contribution in [3.05, 3.63) is 34.9 Å². The summed E-state index contributed by atoms with van der Waals surface area (Å²) in [5.41, 5.74) is 1.65. The van der Waals surface area contributed by atoms with E-state index in [2.05, 4.69) is 34.7 Å². The molecule has 2 N–H and O–H groups in total. The van der Waals surface area contributed by atoms with Crippen molar-refractivity contribution in [2.45, 2.75) is 37.6 Å². The van der Waals surface area contributed by atoms with Crippen LogP contribution < -0.4 is 10.6 Å². The minimum atomic E-state index is 0.275. The molecule has 0 saturated heterocycles. The van der Waals surface area contributed by atoms with Crippen LogP contribution in [0.4, 0.5) is 0 Å². The Hall–Kier alpha value is -1.22. The van der Waals surface area contributed by atoms with Crippen LogP contribution in [0.1, 0.15) is 31.7 Å². The summed E-state index contributed by atoms with van der Waals surface area (Å²) in [6, 6.07) is 8.87. The lowest BCUT2D eigenvalue weighted by Crippen LogP contribution is -2.42. The monoisotopic (exact) mass is 291 g/mol. The molecular formula is C16H22ClN3. The minimum Gasteiger partial charge on any atom is -0.356 e. The molecule has 0 bridgehead atoms. The zero-order chi connectivity index (χ0) is 14.2. The Bertz CT molecular complexity index is 505. The molecule has 3 rings (SSSR count). The van der Waals surface area contributed by atoms with Crippen molar-refractivity contribution in [2.75, 3.05) is 13.6 Å². The predicted octanol–water partition coefficient (Wildman–Crippen LogP) is 2.95. The number of hydrogen-bond donors (Lipinski definition) is 2. The van der Waals surface area contributed by atoms with Gasteiger partial charge in [-0.25, -0.2) is 0 Å². The Morgan fingerprint density at radius 2 is 2.00 bits per heavy atom. The minimum absolute atomic E-state index is 0.275. The molecule has 2 unspecified atom stereocenters. The van der Waals surface area contributed by atoms with E-state index < -0.39 is 0 Å². The van der Waals surface area contributed by atoms with Crippen LogP contribution >= 0.6 is 11.6 Å². The summed E-state index contributed by atoms with van der Waals surface area (Å²) in [4.78, 5) is 4.31. The lowest BCUT2D eigenvalue weighted by Gasteiger charge is -2.19. The first-order valence-electron chi connectivity index (χ1n) is 7.36. The summed E-state index contributed by atoms with van der Waals surface area (Å²) in [6.45, 7) is 3.20. The molecular weight excluding hydrogens is 270 g/mol. The Labute approximate surface area is 125 Å². The van der Waals surface area contributed by atoms with Gasteiger partial charge < -0.3 is 10.6 Å². The van der Waals surface area contributed by atoms with Gasteiger partial charge in [0.05, 0.1) is 0 Å². The number of aliphatic imine (C=N–C) groups is 1. The topological polar surface area (TPSA) is 36.4 Å². The van der Waals surface area contributed by atoms with Crippen molar-refractivity contribution in [1.82, 2.24) is 10.6 Å². The van der Waals surface area contributed by atoms with E-state index in [1.54, 1.807) is 0 Å². The first-order valence-corrected chi connectivity index (χ1v) is 7.74. The van der Waals surface area contributed by atoms with E-state index in [4.69, 9.17) is 11.6 Å². The molecule has 2 fully saturated rings. The molecule has 1 aromatic carbocycles. The first-order chi connectivity index (χ1) is 9.63. The number of guanidine groups is 1. The molecule has 2 aliphatic carbocycles. The van der Waals surface area contributed by atoms with Crippen molar-refractivity contribution in [1.29, 1.82) is 0 Å². The van der Waals surface area contributed by atoms with Crippen LogP contribution in [0.15, 0.2) is 29.3 Å².